The Kier molecular flexibility index (Phi) is 6.77. The van der Waals surface area contributed by atoms with Gasteiger partial charge in [0.1, 0.15) is 0 Å². The lowest BCUT2D eigenvalue weighted by Crippen LogP contribution is -2.23. The fourth-order valence-corrected chi connectivity index (χ4v) is 7.30. The monoisotopic (exact) mass is 550 g/mol. The first-order chi connectivity index (χ1) is 19.9. The van der Waals surface area contributed by atoms with Crippen LogP contribution in [0.5, 0.6) is 0 Å². The normalized spacial score (nSPS) is 13.1. The minimum absolute atomic E-state index is 0.300. The van der Waals surface area contributed by atoms with E-state index in [1.165, 1.54) is 83.7 Å². The van der Waals surface area contributed by atoms with Gasteiger partial charge in [-0.1, -0.05) is 76.9 Å². The molecule has 1 aliphatic rings. The molecule has 0 aliphatic heterocycles. The van der Waals surface area contributed by atoms with Gasteiger partial charge >= 0.3 is 0 Å². The molecule has 42 heavy (non-hydrogen) atoms. The van der Waals surface area contributed by atoms with E-state index in [0.29, 0.717) is 0 Å². The van der Waals surface area contributed by atoms with Crippen molar-refractivity contribution >= 4 is 22.7 Å². The molecule has 0 aromatic heterocycles. The third kappa shape index (κ3) is 4.69. The molecule has 212 valence electrons. The van der Waals surface area contributed by atoms with Crippen LogP contribution in [0, 0.1) is 55.4 Å². The lowest BCUT2D eigenvalue weighted by Gasteiger charge is -2.30. The number of anilines is 4. The number of hydrogen-bond donors (Lipinski definition) is 2. The molecule has 2 N–H and O–H groups in total. The number of benzene rings is 5. The maximum atomic E-state index is 3.78. The van der Waals surface area contributed by atoms with E-state index in [0.717, 1.165) is 11.4 Å². The van der Waals surface area contributed by atoms with Crippen molar-refractivity contribution in [2.45, 2.75) is 67.7 Å². The van der Waals surface area contributed by atoms with Gasteiger partial charge in [0.25, 0.3) is 0 Å². The number of hydrogen-bond acceptors (Lipinski definition) is 2. The van der Waals surface area contributed by atoms with Gasteiger partial charge in [0.05, 0.1) is 0 Å². The third-order valence-corrected chi connectivity index (χ3v) is 9.10. The predicted octanol–water partition coefficient (Wildman–Crippen LogP) is 11.0. The highest BCUT2D eigenvalue weighted by atomic mass is 14.9. The highest BCUT2D eigenvalue weighted by Gasteiger charge is 2.41. The Morgan fingerprint density at radius 3 is 1.17 bits per heavy atom. The smallest absolute Gasteiger partial charge is 0.0443 e. The second-order valence-electron chi connectivity index (χ2n) is 12.8. The number of nitrogens with one attached hydrogen (secondary N) is 2. The average Bonchev–Trinajstić information content (AvgIpc) is 3.16. The summed E-state index contributed by atoms with van der Waals surface area (Å²) in [7, 11) is 0. The average molecular weight is 551 g/mol. The van der Waals surface area contributed by atoms with Crippen LogP contribution in [0.15, 0.2) is 78.9 Å². The van der Waals surface area contributed by atoms with Crippen LogP contribution in [-0.2, 0) is 5.41 Å². The Morgan fingerprint density at radius 1 is 0.429 bits per heavy atom. The SMILES string of the molecule is Cc1cc(C)cc(C2(C)c3cc(Nc4c(C)cc(C)cc4C)ccc3-c3ccc(Nc4c(C)cc(C)cc4C)cc32)c1. The quantitative estimate of drug-likeness (QED) is 0.227. The molecule has 0 fully saturated rings. The maximum Gasteiger partial charge on any atom is 0.0443 e. The minimum atomic E-state index is -0.300. The summed E-state index contributed by atoms with van der Waals surface area (Å²) in [5, 5.41) is 7.57. The fraction of sp³-hybridized carbons (Fsp3) is 0.250. The van der Waals surface area contributed by atoms with E-state index >= 15 is 0 Å². The van der Waals surface area contributed by atoms with E-state index in [1.54, 1.807) is 0 Å². The summed E-state index contributed by atoms with van der Waals surface area (Å²) in [4.78, 5) is 0. The van der Waals surface area contributed by atoms with E-state index in [9.17, 15) is 0 Å². The molecule has 0 amide bonds. The Bertz CT molecular complexity index is 1700. The largest absolute Gasteiger partial charge is 0.355 e. The molecular formula is C40H42N2. The standard InChI is InChI=1S/C40H42N2/c1-23-14-24(2)20-31(19-23)40(9)36-21-32(41-38-27(5)15-25(3)16-28(38)6)10-12-34(36)35-13-11-33(22-37(35)40)42-39-29(7)17-26(4)18-30(39)8/h10-22,41-42H,1-9H3. The molecule has 0 spiro atoms. The van der Waals surface area contributed by atoms with Crippen molar-refractivity contribution in [3.05, 3.63) is 140 Å². The van der Waals surface area contributed by atoms with Crippen LogP contribution in [-0.4, -0.2) is 0 Å². The first-order valence-corrected chi connectivity index (χ1v) is 15.0. The van der Waals surface area contributed by atoms with E-state index in [4.69, 9.17) is 0 Å². The molecule has 0 atom stereocenters. The van der Waals surface area contributed by atoms with Gasteiger partial charge < -0.3 is 10.6 Å². The van der Waals surface area contributed by atoms with Crippen molar-refractivity contribution in [3.63, 3.8) is 0 Å². The van der Waals surface area contributed by atoms with E-state index in [2.05, 4.69) is 152 Å². The number of aryl methyl sites for hydroxylation is 8. The third-order valence-electron chi connectivity index (χ3n) is 9.10. The van der Waals surface area contributed by atoms with Crippen molar-refractivity contribution in [2.75, 3.05) is 10.6 Å². The van der Waals surface area contributed by atoms with Crippen LogP contribution in [0.4, 0.5) is 22.7 Å². The molecule has 0 radical (unpaired) electrons. The molecule has 6 rings (SSSR count). The molecule has 5 aromatic carbocycles. The molecule has 1 aliphatic carbocycles. The first-order valence-electron chi connectivity index (χ1n) is 15.0. The van der Waals surface area contributed by atoms with Gasteiger partial charge in [0.15, 0.2) is 0 Å². The van der Waals surface area contributed by atoms with Crippen molar-refractivity contribution < 1.29 is 0 Å². The molecule has 0 unspecified atom stereocenters. The van der Waals surface area contributed by atoms with Gasteiger partial charge in [-0.2, -0.15) is 0 Å². The molecule has 0 heterocycles. The van der Waals surface area contributed by atoms with Crippen molar-refractivity contribution in [1.82, 2.24) is 0 Å². The zero-order valence-electron chi connectivity index (χ0n) is 26.5. The van der Waals surface area contributed by atoms with E-state index < -0.39 is 0 Å². The van der Waals surface area contributed by atoms with Gasteiger partial charge in [0, 0.05) is 28.2 Å². The van der Waals surface area contributed by atoms with Gasteiger partial charge in [-0.3, -0.25) is 0 Å². The lowest BCUT2D eigenvalue weighted by molar-refractivity contribution is 0.712. The second-order valence-corrected chi connectivity index (χ2v) is 12.8. The Labute approximate surface area is 251 Å². The van der Waals surface area contributed by atoms with Gasteiger partial charge in [-0.05, 0) is 137 Å². The highest BCUT2D eigenvalue weighted by molar-refractivity contribution is 5.87. The second kappa shape index (κ2) is 10.2. The van der Waals surface area contributed by atoms with Crippen molar-refractivity contribution in [3.8, 4) is 11.1 Å². The summed E-state index contributed by atoms with van der Waals surface area (Å²) in [5.41, 5.74) is 21.2. The van der Waals surface area contributed by atoms with Crippen LogP contribution in [0.1, 0.15) is 68.1 Å². The summed E-state index contributed by atoms with van der Waals surface area (Å²) in [6.45, 7) is 19.9. The molecule has 0 saturated carbocycles. The van der Waals surface area contributed by atoms with Gasteiger partial charge in [-0.25, -0.2) is 0 Å². The zero-order valence-corrected chi connectivity index (χ0v) is 26.5. The predicted molar refractivity (Wildman–Crippen MR) is 181 cm³/mol. The Hall–Kier alpha value is -4.30. The molecule has 0 bridgehead atoms. The maximum absolute atomic E-state index is 3.78. The van der Waals surface area contributed by atoms with E-state index in [1.807, 2.05) is 0 Å². The van der Waals surface area contributed by atoms with Crippen LogP contribution in [0.2, 0.25) is 0 Å². The number of fused-ring (bicyclic) bond motifs is 3. The molecule has 2 heteroatoms. The summed E-state index contributed by atoms with van der Waals surface area (Å²) in [5.74, 6) is 0. The van der Waals surface area contributed by atoms with Crippen LogP contribution < -0.4 is 10.6 Å². The highest BCUT2D eigenvalue weighted by Crippen LogP contribution is 2.54. The Morgan fingerprint density at radius 2 is 0.786 bits per heavy atom. The molecule has 5 aromatic rings. The molecule has 0 saturated heterocycles. The minimum Gasteiger partial charge on any atom is -0.355 e. The lowest BCUT2D eigenvalue weighted by atomic mass is 9.73. The van der Waals surface area contributed by atoms with Crippen LogP contribution >= 0.6 is 0 Å². The summed E-state index contributed by atoms with van der Waals surface area (Å²) < 4.78 is 0. The summed E-state index contributed by atoms with van der Waals surface area (Å²) in [6, 6.07) is 29.9. The van der Waals surface area contributed by atoms with Crippen LogP contribution in [0.25, 0.3) is 11.1 Å². The molecular weight excluding hydrogens is 508 g/mol. The topological polar surface area (TPSA) is 24.1 Å². The van der Waals surface area contributed by atoms with E-state index in [-0.39, 0.29) is 5.41 Å². The zero-order chi connectivity index (χ0) is 29.9. The Balaban J connectivity index is 1.50. The number of rotatable bonds is 5. The fourth-order valence-electron chi connectivity index (χ4n) is 7.30. The summed E-state index contributed by atoms with van der Waals surface area (Å²) in [6.07, 6.45) is 0. The van der Waals surface area contributed by atoms with Crippen molar-refractivity contribution in [2.24, 2.45) is 0 Å². The van der Waals surface area contributed by atoms with Crippen LogP contribution in [0.3, 0.4) is 0 Å². The van der Waals surface area contributed by atoms with Crippen molar-refractivity contribution in [1.29, 1.82) is 0 Å². The molecule has 2 nitrogen and oxygen atoms in total. The van der Waals surface area contributed by atoms with Gasteiger partial charge in [-0.15, -0.1) is 0 Å². The van der Waals surface area contributed by atoms with Gasteiger partial charge in [0.2, 0.25) is 0 Å². The first kappa shape index (κ1) is 27.8. The summed E-state index contributed by atoms with van der Waals surface area (Å²) >= 11 is 0.